The Hall–Kier alpha value is -0.990. The van der Waals surface area contributed by atoms with Crippen molar-refractivity contribution in [2.75, 3.05) is 0 Å². The number of carbonyl (C=O) groups excluding carboxylic acids is 2. The molecule has 2 atom stereocenters. The Kier molecular flexibility index (Phi) is 4.22. The van der Waals surface area contributed by atoms with Crippen molar-refractivity contribution < 1.29 is 9.59 Å². The summed E-state index contributed by atoms with van der Waals surface area (Å²) in [6.07, 6.45) is 7.45. The minimum Gasteiger partial charge on any atom is -0.298 e. The van der Waals surface area contributed by atoms with Crippen molar-refractivity contribution in [3.05, 3.63) is 0 Å². The van der Waals surface area contributed by atoms with E-state index in [9.17, 15) is 9.59 Å². The maximum Gasteiger partial charge on any atom is 0.149 e. The van der Waals surface area contributed by atoms with Crippen LogP contribution in [0.2, 0.25) is 0 Å². The molecule has 0 aromatic carbocycles. The fourth-order valence-corrected chi connectivity index (χ4v) is 3.29. The van der Waals surface area contributed by atoms with Gasteiger partial charge in [0.1, 0.15) is 17.5 Å². The van der Waals surface area contributed by atoms with Gasteiger partial charge >= 0.3 is 0 Å². The predicted octanol–water partition coefficient (Wildman–Crippen LogP) is 3.21. The van der Waals surface area contributed by atoms with Crippen molar-refractivity contribution in [2.45, 2.75) is 65.3 Å². The number of hydrogen-bond acceptors (Lipinski definition) is 3. The summed E-state index contributed by atoms with van der Waals surface area (Å²) in [5, 5.41) is 0. The highest BCUT2D eigenvalue weighted by atomic mass is 16.2. The van der Waals surface area contributed by atoms with E-state index in [0.717, 1.165) is 6.42 Å². The molecule has 3 heteroatoms. The quantitative estimate of drug-likeness (QED) is 0.567. The molecule has 0 bridgehead atoms. The first-order valence-corrected chi connectivity index (χ1v) is 7.48. The Morgan fingerprint density at radius 1 is 1.11 bits per heavy atom. The van der Waals surface area contributed by atoms with E-state index in [0.29, 0.717) is 24.8 Å². The molecule has 2 aliphatic carbocycles. The molecule has 0 saturated heterocycles. The normalized spacial score (nSPS) is 33.0. The van der Waals surface area contributed by atoms with Gasteiger partial charge in [-0.3, -0.25) is 14.6 Å². The largest absolute Gasteiger partial charge is 0.298 e. The summed E-state index contributed by atoms with van der Waals surface area (Å²) >= 11 is 0. The lowest BCUT2D eigenvalue weighted by atomic mass is 9.72. The zero-order valence-corrected chi connectivity index (χ0v) is 12.3. The molecule has 2 aliphatic rings. The standard InChI is InChI=1S/C16H25NO2/c1-11-6-4-5-7-13(11)17-10-12-14(18)8-16(2,3)9-15(12)19/h10-13H,4-9H2,1-3H3/t11-,13+/m0/s1. The highest BCUT2D eigenvalue weighted by molar-refractivity contribution is 6.16. The predicted molar refractivity (Wildman–Crippen MR) is 76.4 cm³/mol. The summed E-state index contributed by atoms with van der Waals surface area (Å²) in [7, 11) is 0. The van der Waals surface area contributed by atoms with Gasteiger partial charge in [0.2, 0.25) is 0 Å². The molecule has 0 N–H and O–H groups in total. The fraction of sp³-hybridized carbons (Fsp3) is 0.812. The molecule has 0 aromatic rings. The van der Waals surface area contributed by atoms with Crippen LogP contribution in [-0.4, -0.2) is 23.8 Å². The van der Waals surface area contributed by atoms with E-state index in [1.165, 1.54) is 19.3 Å². The second kappa shape index (κ2) is 5.56. The molecule has 0 aliphatic heterocycles. The molecule has 2 fully saturated rings. The number of carbonyl (C=O) groups is 2. The molecule has 0 heterocycles. The number of nitrogens with zero attached hydrogens (tertiary/aromatic N) is 1. The number of rotatable bonds is 2. The number of aliphatic imine (C=N–C) groups is 1. The van der Waals surface area contributed by atoms with Crippen LogP contribution in [0, 0.1) is 17.3 Å². The van der Waals surface area contributed by atoms with Crippen LogP contribution in [0.25, 0.3) is 0 Å². The lowest BCUT2D eigenvalue weighted by Gasteiger charge is -2.31. The number of ketones is 2. The van der Waals surface area contributed by atoms with E-state index in [-0.39, 0.29) is 17.0 Å². The van der Waals surface area contributed by atoms with E-state index >= 15 is 0 Å². The molecule has 2 rings (SSSR count). The van der Waals surface area contributed by atoms with Crippen LogP contribution in [0.5, 0.6) is 0 Å². The Labute approximate surface area is 115 Å². The summed E-state index contributed by atoms with van der Waals surface area (Å²) in [5.74, 6) is 0.110. The van der Waals surface area contributed by atoms with Crippen LogP contribution < -0.4 is 0 Å². The molecule has 2 saturated carbocycles. The molecule has 0 spiro atoms. The van der Waals surface area contributed by atoms with Crippen molar-refractivity contribution >= 4 is 17.8 Å². The van der Waals surface area contributed by atoms with E-state index in [1.54, 1.807) is 6.21 Å². The highest BCUT2D eigenvalue weighted by Crippen LogP contribution is 2.33. The topological polar surface area (TPSA) is 46.5 Å². The number of Topliss-reactive ketones (excluding diaryl/α,β-unsaturated/α-hetero) is 2. The molecule has 106 valence electrons. The Morgan fingerprint density at radius 2 is 1.68 bits per heavy atom. The Morgan fingerprint density at radius 3 is 2.26 bits per heavy atom. The molecule has 0 amide bonds. The van der Waals surface area contributed by atoms with Crippen LogP contribution in [-0.2, 0) is 9.59 Å². The highest BCUT2D eigenvalue weighted by Gasteiger charge is 2.38. The van der Waals surface area contributed by atoms with Gasteiger partial charge in [0, 0.05) is 19.1 Å². The van der Waals surface area contributed by atoms with E-state index < -0.39 is 5.92 Å². The molecule has 19 heavy (non-hydrogen) atoms. The van der Waals surface area contributed by atoms with Crippen LogP contribution in [0.4, 0.5) is 0 Å². The van der Waals surface area contributed by atoms with Crippen molar-refractivity contribution in [3.8, 4) is 0 Å². The van der Waals surface area contributed by atoms with Gasteiger partial charge in [-0.05, 0) is 24.2 Å². The van der Waals surface area contributed by atoms with Crippen LogP contribution in [0.15, 0.2) is 4.99 Å². The molecule has 0 aromatic heterocycles. The third-order valence-corrected chi connectivity index (χ3v) is 4.49. The van der Waals surface area contributed by atoms with Gasteiger partial charge in [-0.2, -0.15) is 0 Å². The van der Waals surface area contributed by atoms with Crippen LogP contribution in [0.1, 0.15) is 59.3 Å². The average molecular weight is 263 g/mol. The first kappa shape index (κ1) is 14.4. The number of hydrogen-bond donors (Lipinski definition) is 0. The summed E-state index contributed by atoms with van der Waals surface area (Å²) in [4.78, 5) is 28.7. The van der Waals surface area contributed by atoms with Gasteiger partial charge in [0.25, 0.3) is 0 Å². The van der Waals surface area contributed by atoms with Crippen molar-refractivity contribution in [3.63, 3.8) is 0 Å². The van der Waals surface area contributed by atoms with E-state index in [4.69, 9.17) is 0 Å². The van der Waals surface area contributed by atoms with Crippen molar-refractivity contribution in [2.24, 2.45) is 22.2 Å². The summed E-state index contributed by atoms with van der Waals surface area (Å²) in [6.45, 7) is 6.19. The lowest BCUT2D eigenvalue weighted by molar-refractivity contribution is -0.136. The second-order valence-electron chi connectivity index (χ2n) is 7.06. The van der Waals surface area contributed by atoms with Gasteiger partial charge in [0.15, 0.2) is 0 Å². The maximum absolute atomic E-state index is 12.1. The van der Waals surface area contributed by atoms with Crippen LogP contribution >= 0.6 is 0 Å². The van der Waals surface area contributed by atoms with E-state index in [1.807, 2.05) is 13.8 Å². The minimum absolute atomic E-state index is 0.0495. The smallest absolute Gasteiger partial charge is 0.149 e. The van der Waals surface area contributed by atoms with Gasteiger partial charge in [-0.15, -0.1) is 0 Å². The third-order valence-electron chi connectivity index (χ3n) is 4.49. The lowest BCUT2D eigenvalue weighted by Crippen LogP contribution is -2.38. The third kappa shape index (κ3) is 3.52. The zero-order chi connectivity index (χ0) is 14.0. The van der Waals surface area contributed by atoms with Gasteiger partial charge < -0.3 is 0 Å². The average Bonchev–Trinajstić information content (AvgIpc) is 2.28. The monoisotopic (exact) mass is 263 g/mol. The Balaban J connectivity index is 2.02. The zero-order valence-electron chi connectivity index (χ0n) is 12.3. The van der Waals surface area contributed by atoms with Crippen molar-refractivity contribution in [1.29, 1.82) is 0 Å². The van der Waals surface area contributed by atoms with E-state index in [2.05, 4.69) is 11.9 Å². The van der Waals surface area contributed by atoms with Gasteiger partial charge in [0.05, 0.1) is 6.04 Å². The van der Waals surface area contributed by atoms with Crippen molar-refractivity contribution in [1.82, 2.24) is 0 Å². The molecule has 0 unspecified atom stereocenters. The molecular weight excluding hydrogens is 238 g/mol. The summed E-state index contributed by atoms with van der Waals surface area (Å²) in [6, 6.07) is 0.310. The van der Waals surface area contributed by atoms with Gasteiger partial charge in [-0.1, -0.05) is 33.6 Å². The van der Waals surface area contributed by atoms with Gasteiger partial charge in [-0.25, -0.2) is 0 Å². The minimum atomic E-state index is -0.567. The fourth-order valence-electron chi connectivity index (χ4n) is 3.29. The summed E-state index contributed by atoms with van der Waals surface area (Å²) in [5.41, 5.74) is -0.170. The summed E-state index contributed by atoms with van der Waals surface area (Å²) < 4.78 is 0. The molecular formula is C16H25NO2. The molecule has 3 nitrogen and oxygen atoms in total. The maximum atomic E-state index is 12.1. The van der Waals surface area contributed by atoms with Crippen LogP contribution in [0.3, 0.4) is 0 Å². The first-order valence-electron chi connectivity index (χ1n) is 7.48. The SMILES string of the molecule is C[C@H]1CCCC[C@H]1N=CC1C(=O)CC(C)(C)CC1=O. The Bertz CT molecular complexity index is 378. The second-order valence-corrected chi connectivity index (χ2v) is 7.06. The molecule has 0 radical (unpaired) electrons. The first-order chi connectivity index (χ1) is 8.89.